The number of nitrogens with zero attached hydrogens (tertiary/aromatic N) is 1. The molecule has 0 aliphatic heterocycles. The van der Waals surface area contributed by atoms with Gasteiger partial charge in [-0.1, -0.05) is 36.4 Å². The van der Waals surface area contributed by atoms with E-state index >= 15 is 0 Å². The Balaban J connectivity index is 2.15. The minimum absolute atomic E-state index is 0.617. The predicted molar refractivity (Wildman–Crippen MR) is 68.8 cm³/mol. The van der Waals surface area contributed by atoms with Crippen LogP contribution in [-0.4, -0.2) is 31.6 Å². The first-order valence-corrected chi connectivity index (χ1v) is 5.45. The molecule has 0 fully saturated rings. The third kappa shape index (κ3) is 5.37. The van der Waals surface area contributed by atoms with Crippen molar-refractivity contribution in [3.8, 4) is 5.75 Å². The van der Waals surface area contributed by atoms with E-state index in [1.165, 1.54) is 0 Å². The third-order valence-electron chi connectivity index (χ3n) is 2.11. The SMILES string of the molecule is C=CCN(C)C/C=C/COc1ccccc1. The molecule has 2 heteroatoms. The van der Waals surface area contributed by atoms with Gasteiger partial charge in [-0.15, -0.1) is 6.58 Å². The molecule has 0 amide bonds. The topological polar surface area (TPSA) is 12.5 Å². The standard InChI is InChI=1S/C14H19NO/c1-3-11-15(2)12-7-8-13-16-14-9-5-4-6-10-14/h3-10H,1,11-13H2,2H3/b8-7+. The van der Waals surface area contributed by atoms with E-state index in [0.29, 0.717) is 6.61 Å². The minimum Gasteiger partial charge on any atom is -0.490 e. The molecule has 1 aromatic carbocycles. The van der Waals surface area contributed by atoms with Crippen LogP contribution in [0.15, 0.2) is 55.1 Å². The van der Waals surface area contributed by atoms with Gasteiger partial charge in [0.1, 0.15) is 12.4 Å². The average molecular weight is 217 g/mol. The fraction of sp³-hybridized carbons (Fsp3) is 0.286. The average Bonchev–Trinajstić information content (AvgIpc) is 2.30. The lowest BCUT2D eigenvalue weighted by atomic mass is 10.3. The molecule has 86 valence electrons. The normalized spacial score (nSPS) is 10.9. The number of ether oxygens (including phenoxy) is 1. The maximum Gasteiger partial charge on any atom is 0.119 e. The van der Waals surface area contributed by atoms with Crippen LogP contribution in [-0.2, 0) is 0 Å². The molecular formula is C14H19NO. The molecule has 0 saturated carbocycles. The molecule has 0 atom stereocenters. The van der Waals surface area contributed by atoms with E-state index in [4.69, 9.17) is 4.74 Å². The van der Waals surface area contributed by atoms with Gasteiger partial charge >= 0.3 is 0 Å². The van der Waals surface area contributed by atoms with Crippen LogP contribution < -0.4 is 4.74 Å². The van der Waals surface area contributed by atoms with Crippen molar-refractivity contribution < 1.29 is 4.74 Å². The summed E-state index contributed by atoms with van der Waals surface area (Å²) in [6.07, 6.45) is 6.04. The van der Waals surface area contributed by atoms with Crippen molar-refractivity contribution in [1.82, 2.24) is 4.90 Å². The zero-order chi connectivity index (χ0) is 11.6. The summed E-state index contributed by atoms with van der Waals surface area (Å²) in [5, 5.41) is 0. The monoisotopic (exact) mass is 217 g/mol. The van der Waals surface area contributed by atoms with Gasteiger partial charge in [-0.2, -0.15) is 0 Å². The minimum atomic E-state index is 0.617. The molecule has 2 nitrogen and oxygen atoms in total. The first-order valence-electron chi connectivity index (χ1n) is 5.45. The van der Waals surface area contributed by atoms with Gasteiger partial charge in [-0.25, -0.2) is 0 Å². The van der Waals surface area contributed by atoms with Gasteiger partial charge in [0.2, 0.25) is 0 Å². The van der Waals surface area contributed by atoms with Gasteiger partial charge in [0.05, 0.1) is 0 Å². The van der Waals surface area contributed by atoms with E-state index in [9.17, 15) is 0 Å². The van der Waals surface area contributed by atoms with Crippen LogP contribution in [0.5, 0.6) is 5.75 Å². The van der Waals surface area contributed by atoms with Crippen LogP contribution in [0.3, 0.4) is 0 Å². The van der Waals surface area contributed by atoms with Crippen LogP contribution in [0, 0.1) is 0 Å². The van der Waals surface area contributed by atoms with Gasteiger partial charge in [0.15, 0.2) is 0 Å². The lowest BCUT2D eigenvalue weighted by molar-refractivity contribution is 0.360. The van der Waals surface area contributed by atoms with Crippen LogP contribution in [0.25, 0.3) is 0 Å². The van der Waals surface area contributed by atoms with Gasteiger partial charge in [0, 0.05) is 13.1 Å². The summed E-state index contributed by atoms with van der Waals surface area (Å²) < 4.78 is 5.52. The quantitative estimate of drug-likeness (QED) is 0.651. The molecule has 0 unspecified atom stereocenters. The fourth-order valence-electron chi connectivity index (χ4n) is 1.28. The van der Waals surface area contributed by atoms with Gasteiger partial charge < -0.3 is 4.74 Å². The molecule has 0 spiro atoms. The Labute approximate surface area is 97.8 Å². The lowest BCUT2D eigenvalue weighted by Gasteiger charge is -2.10. The number of benzene rings is 1. The molecule has 0 saturated heterocycles. The van der Waals surface area contributed by atoms with Crippen molar-refractivity contribution in [3.05, 3.63) is 55.1 Å². The van der Waals surface area contributed by atoms with Crippen molar-refractivity contribution in [2.24, 2.45) is 0 Å². The Morgan fingerprint density at radius 3 is 2.62 bits per heavy atom. The molecule has 0 heterocycles. The zero-order valence-corrected chi connectivity index (χ0v) is 9.80. The molecule has 0 bridgehead atoms. The predicted octanol–water partition coefficient (Wildman–Crippen LogP) is 2.74. The van der Waals surface area contributed by atoms with Gasteiger partial charge in [0.25, 0.3) is 0 Å². The van der Waals surface area contributed by atoms with Crippen LogP contribution >= 0.6 is 0 Å². The lowest BCUT2D eigenvalue weighted by Crippen LogP contribution is -2.17. The summed E-state index contributed by atoms with van der Waals surface area (Å²) in [6, 6.07) is 9.83. The van der Waals surface area contributed by atoms with E-state index in [-0.39, 0.29) is 0 Å². The highest BCUT2D eigenvalue weighted by Gasteiger charge is 1.90. The summed E-state index contributed by atoms with van der Waals surface area (Å²) in [6.45, 7) is 6.14. The van der Waals surface area contributed by atoms with Gasteiger partial charge in [-0.05, 0) is 19.2 Å². The molecule has 0 aliphatic rings. The van der Waals surface area contributed by atoms with Crippen molar-refractivity contribution in [3.63, 3.8) is 0 Å². The summed E-state index contributed by atoms with van der Waals surface area (Å²) >= 11 is 0. The second-order valence-corrected chi connectivity index (χ2v) is 3.61. The molecule has 1 aromatic rings. The molecule has 0 radical (unpaired) electrons. The zero-order valence-electron chi connectivity index (χ0n) is 9.80. The van der Waals surface area contributed by atoms with E-state index < -0.39 is 0 Å². The van der Waals surface area contributed by atoms with E-state index in [1.807, 2.05) is 42.5 Å². The molecule has 16 heavy (non-hydrogen) atoms. The highest BCUT2D eigenvalue weighted by Crippen LogP contribution is 2.07. The third-order valence-corrected chi connectivity index (χ3v) is 2.11. The smallest absolute Gasteiger partial charge is 0.119 e. The van der Waals surface area contributed by atoms with Crippen molar-refractivity contribution in [2.75, 3.05) is 26.7 Å². The fourth-order valence-corrected chi connectivity index (χ4v) is 1.28. The molecule has 0 aromatic heterocycles. The number of hydrogen-bond acceptors (Lipinski definition) is 2. The molecule has 1 rings (SSSR count). The van der Waals surface area contributed by atoms with Crippen LogP contribution in [0.1, 0.15) is 0 Å². The number of para-hydroxylation sites is 1. The largest absolute Gasteiger partial charge is 0.490 e. The second kappa shape index (κ2) is 7.71. The van der Waals surface area contributed by atoms with E-state index in [1.54, 1.807) is 0 Å². The van der Waals surface area contributed by atoms with Crippen molar-refractivity contribution in [1.29, 1.82) is 0 Å². The number of likely N-dealkylation sites (N-methyl/N-ethyl adjacent to an activating group) is 1. The Kier molecular flexibility index (Phi) is 6.04. The number of rotatable bonds is 7. The van der Waals surface area contributed by atoms with Gasteiger partial charge in [-0.3, -0.25) is 4.90 Å². The maximum absolute atomic E-state index is 5.52. The summed E-state index contributed by atoms with van der Waals surface area (Å²) in [5.74, 6) is 0.909. The van der Waals surface area contributed by atoms with Crippen LogP contribution in [0.2, 0.25) is 0 Å². The highest BCUT2D eigenvalue weighted by atomic mass is 16.5. The second-order valence-electron chi connectivity index (χ2n) is 3.61. The highest BCUT2D eigenvalue weighted by molar-refractivity contribution is 5.21. The first kappa shape index (κ1) is 12.5. The number of hydrogen-bond donors (Lipinski definition) is 0. The Morgan fingerprint density at radius 1 is 1.19 bits per heavy atom. The van der Waals surface area contributed by atoms with E-state index in [0.717, 1.165) is 18.8 Å². The Morgan fingerprint density at radius 2 is 1.94 bits per heavy atom. The van der Waals surface area contributed by atoms with Crippen LogP contribution in [0.4, 0.5) is 0 Å². The van der Waals surface area contributed by atoms with Crippen molar-refractivity contribution >= 4 is 0 Å². The Hall–Kier alpha value is -1.54. The first-order chi connectivity index (χ1) is 7.83. The summed E-state index contributed by atoms with van der Waals surface area (Å²) in [7, 11) is 2.06. The van der Waals surface area contributed by atoms with Crippen molar-refractivity contribution in [2.45, 2.75) is 0 Å². The summed E-state index contributed by atoms with van der Waals surface area (Å²) in [5.41, 5.74) is 0. The van der Waals surface area contributed by atoms with E-state index in [2.05, 4.69) is 24.6 Å². The molecular weight excluding hydrogens is 198 g/mol. The molecule has 0 aliphatic carbocycles. The maximum atomic E-state index is 5.52. The summed E-state index contributed by atoms with van der Waals surface area (Å²) in [4.78, 5) is 2.17. The Bertz CT molecular complexity index is 319. The molecule has 0 N–H and O–H groups in total.